The van der Waals surface area contributed by atoms with Crippen molar-refractivity contribution in [3.8, 4) is 0 Å². The topological polar surface area (TPSA) is 77.5 Å². The van der Waals surface area contributed by atoms with E-state index in [1.54, 1.807) is 30.5 Å². The Morgan fingerprint density at radius 2 is 1.86 bits per heavy atom. The molecular formula is C17H15N3O2. The fourth-order valence-electron chi connectivity index (χ4n) is 2.21. The molecule has 5 heteroatoms. The third-order valence-electron chi connectivity index (χ3n) is 3.36. The summed E-state index contributed by atoms with van der Waals surface area (Å²) in [4.78, 5) is 15.0. The molecule has 0 saturated heterocycles. The Labute approximate surface area is 127 Å². The standard InChI is InChI=1S/C17H15N3O2/c21-16(12-6-2-1-3-7-12)17(22)20-19-11-13-10-18-15-9-5-4-8-14(13)15/h1-11,16,18,21H,(H,20,22)/b19-11-/t16-/m0/s1. The van der Waals surface area contributed by atoms with Gasteiger partial charge in [0.1, 0.15) is 0 Å². The number of hydrogen-bond donors (Lipinski definition) is 3. The number of nitrogens with zero attached hydrogens (tertiary/aromatic N) is 1. The van der Waals surface area contributed by atoms with Gasteiger partial charge < -0.3 is 10.1 Å². The molecule has 0 unspecified atom stereocenters. The molecule has 0 aliphatic heterocycles. The van der Waals surface area contributed by atoms with E-state index < -0.39 is 12.0 Å². The summed E-state index contributed by atoms with van der Waals surface area (Å²) in [6, 6.07) is 16.5. The van der Waals surface area contributed by atoms with Crippen LogP contribution in [-0.2, 0) is 4.79 Å². The van der Waals surface area contributed by atoms with Gasteiger partial charge in [0.05, 0.1) is 6.21 Å². The van der Waals surface area contributed by atoms with E-state index in [0.717, 1.165) is 16.5 Å². The molecule has 5 nitrogen and oxygen atoms in total. The minimum Gasteiger partial charge on any atom is -0.378 e. The predicted octanol–water partition coefficient (Wildman–Crippen LogP) is 2.35. The van der Waals surface area contributed by atoms with Gasteiger partial charge in [-0.2, -0.15) is 5.10 Å². The molecule has 0 aliphatic carbocycles. The maximum atomic E-state index is 11.9. The smallest absolute Gasteiger partial charge is 0.273 e. The summed E-state index contributed by atoms with van der Waals surface area (Å²) in [5, 5.41) is 14.8. The van der Waals surface area contributed by atoms with Crippen molar-refractivity contribution in [3.05, 3.63) is 71.9 Å². The van der Waals surface area contributed by atoms with Gasteiger partial charge in [0.2, 0.25) is 0 Å². The molecule has 1 amide bonds. The van der Waals surface area contributed by atoms with Crippen LogP contribution in [-0.4, -0.2) is 22.2 Å². The SMILES string of the molecule is O=C(N/N=C\c1c[nH]c2ccccc12)[C@@H](O)c1ccccc1. The van der Waals surface area contributed by atoms with E-state index in [0.29, 0.717) is 5.56 Å². The quantitative estimate of drug-likeness (QED) is 0.510. The van der Waals surface area contributed by atoms with E-state index in [4.69, 9.17) is 0 Å². The van der Waals surface area contributed by atoms with Crippen molar-refractivity contribution in [1.29, 1.82) is 0 Å². The second-order valence-electron chi connectivity index (χ2n) is 4.84. The van der Waals surface area contributed by atoms with Crippen molar-refractivity contribution in [2.75, 3.05) is 0 Å². The van der Waals surface area contributed by atoms with Crippen molar-refractivity contribution in [2.45, 2.75) is 6.10 Å². The first-order chi connectivity index (χ1) is 10.8. The summed E-state index contributed by atoms with van der Waals surface area (Å²) < 4.78 is 0. The lowest BCUT2D eigenvalue weighted by Gasteiger charge is -2.08. The molecule has 0 fully saturated rings. The van der Waals surface area contributed by atoms with Crippen LogP contribution in [0.1, 0.15) is 17.2 Å². The van der Waals surface area contributed by atoms with Crippen molar-refractivity contribution >= 4 is 23.0 Å². The first kappa shape index (κ1) is 14.0. The van der Waals surface area contributed by atoms with Gasteiger partial charge in [-0.15, -0.1) is 0 Å². The summed E-state index contributed by atoms with van der Waals surface area (Å²) in [7, 11) is 0. The molecule has 3 rings (SSSR count). The molecule has 0 bridgehead atoms. The van der Waals surface area contributed by atoms with Gasteiger partial charge in [0.25, 0.3) is 5.91 Å². The average molecular weight is 293 g/mol. The van der Waals surface area contributed by atoms with Gasteiger partial charge in [0, 0.05) is 22.7 Å². The fourth-order valence-corrected chi connectivity index (χ4v) is 2.21. The number of hydrazone groups is 1. The molecule has 1 atom stereocenters. The van der Waals surface area contributed by atoms with Crippen LogP contribution in [0.25, 0.3) is 10.9 Å². The van der Waals surface area contributed by atoms with Gasteiger partial charge in [-0.3, -0.25) is 4.79 Å². The first-order valence-corrected chi connectivity index (χ1v) is 6.88. The van der Waals surface area contributed by atoms with E-state index in [1.807, 2.05) is 36.5 Å². The largest absolute Gasteiger partial charge is 0.378 e. The fraction of sp³-hybridized carbons (Fsp3) is 0.0588. The number of H-pyrrole nitrogens is 1. The Morgan fingerprint density at radius 1 is 1.14 bits per heavy atom. The zero-order valence-corrected chi connectivity index (χ0v) is 11.7. The molecule has 2 aromatic carbocycles. The number of carbonyl (C=O) groups excluding carboxylic acids is 1. The second-order valence-corrected chi connectivity index (χ2v) is 4.84. The highest BCUT2D eigenvalue weighted by Gasteiger charge is 2.15. The van der Waals surface area contributed by atoms with Crippen LogP contribution >= 0.6 is 0 Å². The maximum Gasteiger partial charge on any atom is 0.273 e. The van der Waals surface area contributed by atoms with E-state index in [1.165, 1.54) is 0 Å². The Morgan fingerprint density at radius 3 is 2.68 bits per heavy atom. The number of aromatic nitrogens is 1. The molecule has 0 spiro atoms. The highest BCUT2D eigenvalue weighted by atomic mass is 16.3. The van der Waals surface area contributed by atoms with Crippen LogP contribution in [0.5, 0.6) is 0 Å². The monoisotopic (exact) mass is 293 g/mol. The van der Waals surface area contributed by atoms with E-state index >= 15 is 0 Å². The molecule has 3 aromatic rings. The van der Waals surface area contributed by atoms with Crippen LogP contribution < -0.4 is 5.43 Å². The summed E-state index contributed by atoms with van der Waals surface area (Å²) in [6.45, 7) is 0. The van der Waals surface area contributed by atoms with Crippen LogP contribution in [0, 0.1) is 0 Å². The van der Waals surface area contributed by atoms with Crippen LogP contribution in [0.2, 0.25) is 0 Å². The number of para-hydroxylation sites is 1. The summed E-state index contributed by atoms with van der Waals surface area (Å²) in [5.74, 6) is -0.567. The van der Waals surface area contributed by atoms with E-state index in [-0.39, 0.29) is 0 Å². The van der Waals surface area contributed by atoms with Crippen LogP contribution in [0.4, 0.5) is 0 Å². The molecule has 22 heavy (non-hydrogen) atoms. The lowest BCUT2D eigenvalue weighted by Crippen LogP contribution is -2.25. The molecule has 3 N–H and O–H groups in total. The molecular weight excluding hydrogens is 278 g/mol. The summed E-state index contributed by atoms with van der Waals surface area (Å²) in [6.07, 6.45) is 2.13. The Hall–Kier alpha value is -2.92. The third-order valence-corrected chi connectivity index (χ3v) is 3.36. The van der Waals surface area contributed by atoms with E-state index in [2.05, 4.69) is 15.5 Å². The zero-order chi connectivity index (χ0) is 15.4. The highest BCUT2D eigenvalue weighted by molar-refractivity contribution is 5.99. The van der Waals surface area contributed by atoms with Gasteiger partial charge in [0.15, 0.2) is 6.10 Å². The molecule has 110 valence electrons. The van der Waals surface area contributed by atoms with Gasteiger partial charge in [-0.25, -0.2) is 5.43 Å². The molecule has 1 heterocycles. The lowest BCUT2D eigenvalue weighted by molar-refractivity contribution is -0.129. The number of fused-ring (bicyclic) bond motifs is 1. The lowest BCUT2D eigenvalue weighted by atomic mass is 10.1. The van der Waals surface area contributed by atoms with Crippen LogP contribution in [0.15, 0.2) is 65.9 Å². The van der Waals surface area contributed by atoms with Gasteiger partial charge in [-0.05, 0) is 11.6 Å². The number of aromatic amines is 1. The third kappa shape index (κ3) is 2.89. The highest BCUT2D eigenvalue weighted by Crippen LogP contribution is 2.15. The number of benzene rings is 2. The first-order valence-electron chi connectivity index (χ1n) is 6.88. The Balaban J connectivity index is 1.68. The number of rotatable bonds is 4. The van der Waals surface area contributed by atoms with Crippen molar-refractivity contribution in [2.24, 2.45) is 5.10 Å². The molecule has 0 saturated carbocycles. The molecule has 0 radical (unpaired) electrons. The van der Waals surface area contributed by atoms with Gasteiger partial charge in [-0.1, -0.05) is 48.5 Å². The Bertz CT molecular complexity index is 809. The normalized spacial score (nSPS) is 12.6. The minimum absolute atomic E-state index is 0.530. The summed E-state index contributed by atoms with van der Waals surface area (Å²) in [5.41, 5.74) is 4.75. The Kier molecular flexibility index (Phi) is 3.98. The number of nitrogens with one attached hydrogen (secondary N) is 2. The van der Waals surface area contributed by atoms with E-state index in [9.17, 15) is 9.90 Å². The minimum atomic E-state index is -1.23. The number of aliphatic hydroxyl groups excluding tert-OH is 1. The maximum absolute atomic E-state index is 11.9. The number of aliphatic hydroxyl groups is 1. The predicted molar refractivity (Wildman–Crippen MR) is 85.4 cm³/mol. The van der Waals surface area contributed by atoms with Crippen molar-refractivity contribution < 1.29 is 9.90 Å². The van der Waals surface area contributed by atoms with Crippen molar-refractivity contribution in [1.82, 2.24) is 10.4 Å². The number of carbonyl (C=O) groups is 1. The second kappa shape index (κ2) is 6.24. The number of amides is 1. The molecule has 1 aromatic heterocycles. The van der Waals surface area contributed by atoms with Crippen molar-refractivity contribution in [3.63, 3.8) is 0 Å². The van der Waals surface area contributed by atoms with Gasteiger partial charge >= 0.3 is 0 Å². The molecule has 0 aliphatic rings. The zero-order valence-electron chi connectivity index (χ0n) is 11.7. The average Bonchev–Trinajstić information content (AvgIpc) is 2.98. The number of hydrogen-bond acceptors (Lipinski definition) is 3. The summed E-state index contributed by atoms with van der Waals surface area (Å²) >= 11 is 0. The van der Waals surface area contributed by atoms with Crippen LogP contribution in [0.3, 0.4) is 0 Å².